The highest BCUT2D eigenvalue weighted by Gasteiger charge is 2.31. The maximum atomic E-state index is 12.7. The third kappa shape index (κ3) is 3.76. The highest BCUT2D eigenvalue weighted by Crippen LogP contribution is 2.27. The topological polar surface area (TPSA) is 47.4 Å². The second kappa shape index (κ2) is 7.19. The highest BCUT2D eigenvalue weighted by molar-refractivity contribution is 7.99. The first-order chi connectivity index (χ1) is 11.1. The molecule has 1 aliphatic heterocycles. The molecule has 0 radical (unpaired) electrons. The largest absolute Gasteiger partial charge is 0.374 e. The van der Waals surface area contributed by atoms with Gasteiger partial charge < -0.3 is 14.2 Å². The Hall–Kier alpha value is -1.79. The predicted octanol–water partition coefficient (Wildman–Crippen LogP) is 2.50. The molecule has 2 aromatic rings. The predicted molar refractivity (Wildman–Crippen MR) is 90.2 cm³/mol. The minimum Gasteiger partial charge on any atom is -0.374 e. The summed E-state index contributed by atoms with van der Waals surface area (Å²) < 4.78 is 7.70. The minimum absolute atomic E-state index is 0.0122. The van der Waals surface area contributed by atoms with Crippen LogP contribution in [0.4, 0.5) is 0 Å². The zero-order chi connectivity index (χ0) is 16.2. The van der Waals surface area contributed by atoms with Crippen LogP contribution in [0.1, 0.15) is 18.5 Å². The first-order valence-electron chi connectivity index (χ1n) is 7.71. The number of aromatic nitrogens is 2. The molecule has 0 spiro atoms. The fourth-order valence-electron chi connectivity index (χ4n) is 2.73. The SMILES string of the molecule is C[C@H]1CN(C(=O)CSc2nccn2C)[C@H](c2ccccc2)CO1. The Kier molecular flexibility index (Phi) is 5.03. The van der Waals surface area contributed by atoms with E-state index in [1.165, 1.54) is 11.8 Å². The summed E-state index contributed by atoms with van der Waals surface area (Å²) in [5.41, 5.74) is 1.12. The van der Waals surface area contributed by atoms with Crippen molar-refractivity contribution in [3.63, 3.8) is 0 Å². The van der Waals surface area contributed by atoms with Crippen LogP contribution in [0.5, 0.6) is 0 Å². The van der Waals surface area contributed by atoms with Gasteiger partial charge in [0.25, 0.3) is 0 Å². The van der Waals surface area contributed by atoms with Crippen molar-refractivity contribution in [3.8, 4) is 0 Å². The van der Waals surface area contributed by atoms with Gasteiger partial charge in [0.15, 0.2) is 5.16 Å². The lowest BCUT2D eigenvalue weighted by Crippen LogP contribution is -2.47. The Labute approximate surface area is 140 Å². The van der Waals surface area contributed by atoms with Crippen LogP contribution in [0.3, 0.4) is 0 Å². The van der Waals surface area contributed by atoms with Crippen molar-refractivity contribution in [1.82, 2.24) is 14.5 Å². The molecule has 122 valence electrons. The van der Waals surface area contributed by atoms with E-state index in [2.05, 4.69) is 17.1 Å². The molecule has 2 atom stereocenters. The van der Waals surface area contributed by atoms with Gasteiger partial charge in [0.1, 0.15) is 0 Å². The van der Waals surface area contributed by atoms with E-state index in [-0.39, 0.29) is 18.1 Å². The zero-order valence-corrected chi connectivity index (χ0v) is 14.2. The van der Waals surface area contributed by atoms with E-state index in [9.17, 15) is 4.79 Å². The summed E-state index contributed by atoms with van der Waals surface area (Å²) in [5.74, 6) is 0.517. The Balaban J connectivity index is 1.71. The molecule has 0 N–H and O–H groups in total. The number of morpholine rings is 1. The number of imidazole rings is 1. The number of ether oxygens (including phenoxy) is 1. The van der Waals surface area contributed by atoms with E-state index in [1.807, 2.05) is 47.8 Å². The molecule has 1 aromatic carbocycles. The van der Waals surface area contributed by atoms with Crippen molar-refractivity contribution in [1.29, 1.82) is 0 Å². The highest BCUT2D eigenvalue weighted by atomic mass is 32.2. The Morgan fingerprint density at radius 2 is 2.17 bits per heavy atom. The molecular weight excluding hydrogens is 310 g/mol. The summed E-state index contributed by atoms with van der Waals surface area (Å²) in [7, 11) is 1.93. The lowest BCUT2D eigenvalue weighted by molar-refractivity contribution is -0.141. The normalized spacial score (nSPS) is 21.4. The van der Waals surface area contributed by atoms with Gasteiger partial charge in [0.05, 0.1) is 24.5 Å². The molecule has 0 bridgehead atoms. The number of nitrogens with zero attached hydrogens (tertiary/aromatic N) is 3. The molecule has 23 heavy (non-hydrogen) atoms. The molecule has 1 fully saturated rings. The summed E-state index contributed by atoms with van der Waals surface area (Å²) >= 11 is 1.47. The summed E-state index contributed by atoms with van der Waals surface area (Å²) in [6, 6.07) is 10.1. The van der Waals surface area contributed by atoms with E-state index in [1.54, 1.807) is 6.20 Å². The summed E-state index contributed by atoms with van der Waals surface area (Å²) in [6.07, 6.45) is 3.70. The van der Waals surface area contributed by atoms with Gasteiger partial charge in [0.2, 0.25) is 5.91 Å². The molecule has 3 rings (SSSR count). The summed E-state index contributed by atoms with van der Waals surface area (Å²) in [4.78, 5) is 18.9. The molecule has 6 heteroatoms. The first-order valence-corrected chi connectivity index (χ1v) is 8.70. The number of aryl methyl sites for hydroxylation is 1. The number of hydrogen-bond acceptors (Lipinski definition) is 4. The fraction of sp³-hybridized carbons (Fsp3) is 0.412. The number of thioether (sulfide) groups is 1. The van der Waals surface area contributed by atoms with Crippen LogP contribution >= 0.6 is 11.8 Å². The second-order valence-corrected chi connectivity index (χ2v) is 6.67. The second-order valence-electron chi connectivity index (χ2n) is 5.73. The minimum atomic E-state index is -0.0122. The molecule has 1 saturated heterocycles. The average molecular weight is 331 g/mol. The van der Waals surface area contributed by atoms with E-state index >= 15 is 0 Å². The van der Waals surface area contributed by atoms with E-state index < -0.39 is 0 Å². The lowest BCUT2D eigenvalue weighted by atomic mass is 10.0. The van der Waals surface area contributed by atoms with Crippen LogP contribution in [0.15, 0.2) is 47.9 Å². The molecule has 5 nitrogen and oxygen atoms in total. The number of carbonyl (C=O) groups excluding carboxylic acids is 1. The molecule has 1 aromatic heterocycles. The van der Waals surface area contributed by atoms with E-state index in [0.29, 0.717) is 18.9 Å². The van der Waals surface area contributed by atoms with Gasteiger partial charge in [-0.1, -0.05) is 42.1 Å². The van der Waals surface area contributed by atoms with Crippen molar-refractivity contribution in [2.45, 2.75) is 24.2 Å². The van der Waals surface area contributed by atoms with Crippen LogP contribution < -0.4 is 0 Å². The quantitative estimate of drug-likeness (QED) is 0.808. The molecule has 0 saturated carbocycles. The smallest absolute Gasteiger partial charge is 0.233 e. The van der Waals surface area contributed by atoms with Crippen molar-refractivity contribution >= 4 is 17.7 Å². The maximum Gasteiger partial charge on any atom is 0.233 e. The van der Waals surface area contributed by atoms with Crippen molar-refractivity contribution < 1.29 is 9.53 Å². The van der Waals surface area contributed by atoms with Gasteiger partial charge in [-0.05, 0) is 12.5 Å². The number of carbonyl (C=O) groups is 1. The van der Waals surface area contributed by atoms with Gasteiger partial charge in [-0.3, -0.25) is 4.79 Å². The van der Waals surface area contributed by atoms with Crippen molar-refractivity contribution in [2.24, 2.45) is 7.05 Å². The van der Waals surface area contributed by atoms with Crippen LogP contribution in [-0.4, -0.2) is 45.4 Å². The number of benzene rings is 1. The van der Waals surface area contributed by atoms with Crippen LogP contribution in [-0.2, 0) is 16.6 Å². The summed E-state index contributed by atoms with van der Waals surface area (Å²) in [6.45, 7) is 3.18. The number of amides is 1. The van der Waals surface area contributed by atoms with E-state index in [4.69, 9.17) is 4.74 Å². The Morgan fingerprint density at radius 1 is 1.39 bits per heavy atom. The monoisotopic (exact) mass is 331 g/mol. The standard InChI is InChI=1S/C17H21N3O2S/c1-13-10-20(15(11-22-13)14-6-4-3-5-7-14)16(21)12-23-17-18-8-9-19(17)2/h3-9,13,15H,10-12H2,1-2H3/t13-,15-/m0/s1. The van der Waals surface area contributed by atoms with E-state index in [0.717, 1.165) is 10.7 Å². The van der Waals surface area contributed by atoms with Crippen molar-refractivity contribution in [2.75, 3.05) is 18.9 Å². The van der Waals surface area contributed by atoms with Gasteiger partial charge in [-0.15, -0.1) is 0 Å². The number of hydrogen-bond donors (Lipinski definition) is 0. The first kappa shape index (κ1) is 16.1. The van der Waals surface area contributed by atoms with Gasteiger partial charge in [-0.25, -0.2) is 4.98 Å². The Bertz CT molecular complexity index is 659. The maximum absolute atomic E-state index is 12.7. The van der Waals surface area contributed by atoms with Crippen LogP contribution in [0.25, 0.3) is 0 Å². The third-order valence-corrected chi connectivity index (χ3v) is 5.02. The number of rotatable bonds is 4. The average Bonchev–Trinajstić information content (AvgIpc) is 2.98. The summed E-state index contributed by atoms with van der Waals surface area (Å²) in [5, 5.41) is 0.857. The zero-order valence-electron chi connectivity index (χ0n) is 13.4. The van der Waals surface area contributed by atoms with Gasteiger partial charge in [0, 0.05) is 26.0 Å². The molecule has 1 aliphatic rings. The van der Waals surface area contributed by atoms with Crippen LogP contribution in [0.2, 0.25) is 0 Å². The molecular formula is C17H21N3O2S. The molecule has 2 heterocycles. The Morgan fingerprint density at radius 3 is 2.87 bits per heavy atom. The lowest BCUT2D eigenvalue weighted by Gasteiger charge is -2.39. The van der Waals surface area contributed by atoms with Crippen LogP contribution in [0, 0.1) is 0 Å². The van der Waals surface area contributed by atoms with Gasteiger partial charge >= 0.3 is 0 Å². The fourth-order valence-corrected chi connectivity index (χ4v) is 3.55. The van der Waals surface area contributed by atoms with Crippen molar-refractivity contribution in [3.05, 3.63) is 48.3 Å². The molecule has 0 unspecified atom stereocenters. The molecule has 0 aliphatic carbocycles. The van der Waals surface area contributed by atoms with Gasteiger partial charge in [-0.2, -0.15) is 0 Å². The third-order valence-electron chi connectivity index (χ3n) is 3.98. The molecule has 1 amide bonds.